The Morgan fingerprint density at radius 2 is 1.95 bits per heavy atom. The highest BCUT2D eigenvalue weighted by Gasteiger charge is 2.41. The van der Waals surface area contributed by atoms with Crippen LogP contribution in [-0.2, 0) is 14.9 Å². The quantitative estimate of drug-likeness (QED) is 0.602. The largest absolute Gasteiger partial charge is 0.461 e. The third kappa shape index (κ3) is 3.79. The van der Waals surface area contributed by atoms with Crippen LogP contribution in [0.5, 0.6) is 0 Å². The zero-order chi connectivity index (χ0) is 15.5. The van der Waals surface area contributed by atoms with Gasteiger partial charge in [0.2, 0.25) is 0 Å². The molecule has 3 atom stereocenters. The maximum absolute atomic E-state index is 11.6. The van der Waals surface area contributed by atoms with Crippen LogP contribution in [0, 0.1) is 11.8 Å². The zero-order valence-electron chi connectivity index (χ0n) is 13.1. The van der Waals surface area contributed by atoms with E-state index in [4.69, 9.17) is 16.3 Å². The van der Waals surface area contributed by atoms with E-state index in [1.54, 1.807) is 0 Å². The Morgan fingerprint density at radius 1 is 1.29 bits per heavy atom. The summed E-state index contributed by atoms with van der Waals surface area (Å²) in [6.45, 7) is 6.74. The van der Waals surface area contributed by atoms with Crippen LogP contribution in [0.1, 0.15) is 45.6 Å². The highest BCUT2D eigenvalue weighted by atomic mass is 35.5. The third-order valence-corrected chi connectivity index (χ3v) is 5.11. The molecule has 0 aromatic heterocycles. The molecule has 1 aliphatic carbocycles. The number of carbonyl (C=O) groups excluding carboxylic acids is 1. The van der Waals surface area contributed by atoms with E-state index in [0.29, 0.717) is 11.8 Å². The summed E-state index contributed by atoms with van der Waals surface area (Å²) in [7, 11) is 0. The molecule has 0 amide bonds. The summed E-state index contributed by atoms with van der Waals surface area (Å²) >= 11 is 5.61. The lowest BCUT2D eigenvalue weighted by Gasteiger charge is -2.43. The smallest absolute Gasteiger partial charge is 0.321 e. The van der Waals surface area contributed by atoms with E-state index in [1.165, 1.54) is 12.0 Å². The van der Waals surface area contributed by atoms with Crippen LogP contribution in [0.2, 0.25) is 0 Å². The second-order valence-corrected chi connectivity index (χ2v) is 7.04. The molecular weight excluding hydrogens is 284 g/mol. The van der Waals surface area contributed by atoms with Crippen LogP contribution in [-0.4, -0.2) is 18.0 Å². The average molecular weight is 309 g/mol. The van der Waals surface area contributed by atoms with E-state index in [1.807, 2.05) is 6.07 Å². The van der Waals surface area contributed by atoms with E-state index in [-0.39, 0.29) is 23.4 Å². The van der Waals surface area contributed by atoms with Crippen molar-refractivity contribution in [1.82, 2.24) is 0 Å². The first kappa shape index (κ1) is 16.4. The number of hydrogen-bond acceptors (Lipinski definition) is 2. The van der Waals surface area contributed by atoms with Gasteiger partial charge in [0.15, 0.2) is 0 Å². The van der Waals surface area contributed by atoms with Gasteiger partial charge in [0.1, 0.15) is 12.0 Å². The predicted octanol–water partition coefficient (Wildman–Crippen LogP) is 4.55. The van der Waals surface area contributed by atoms with Crippen molar-refractivity contribution in [2.75, 3.05) is 5.88 Å². The lowest BCUT2D eigenvalue weighted by Crippen LogP contribution is -2.43. The minimum atomic E-state index is -0.301. The van der Waals surface area contributed by atoms with E-state index in [2.05, 4.69) is 45.0 Å². The molecule has 116 valence electrons. The van der Waals surface area contributed by atoms with Gasteiger partial charge < -0.3 is 4.74 Å². The van der Waals surface area contributed by atoms with E-state index in [0.717, 1.165) is 12.8 Å². The predicted molar refractivity (Wildman–Crippen MR) is 86.6 cm³/mol. The van der Waals surface area contributed by atoms with Crippen LogP contribution < -0.4 is 0 Å². The summed E-state index contributed by atoms with van der Waals surface area (Å²) in [5.41, 5.74) is 1.29. The number of carbonyl (C=O) groups is 1. The molecule has 2 nitrogen and oxygen atoms in total. The SMILES string of the molecule is CC1CC[C@@H](C(C)(C)c2ccccc2)C(OC(=O)CCl)C1. The zero-order valence-corrected chi connectivity index (χ0v) is 13.9. The minimum absolute atomic E-state index is 0.0152. The van der Waals surface area contributed by atoms with Crippen molar-refractivity contribution in [2.45, 2.75) is 51.6 Å². The maximum atomic E-state index is 11.6. The van der Waals surface area contributed by atoms with Gasteiger partial charge in [-0.3, -0.25) is 4.79 Å². The Labute approximate surface area is 132 Å². The Kier molecular flexibility index (Phi) is 5.32. The van der Waals surface area contributed by atoms with Crippen LogP contribution in [0.25, 0.3) is 0 Å². The maximum Gasteiger partial charge on any atom is 0.321 e. The standard InChI is InChI=1S/C18H25ClO2/c1-13-9-10-15(16(11-13)21-17(20)12-19)18(2,3)14-7-5-4-6-8-14/h4-8,13,15-16H,9-12H2,1-3H3/t13?,15-,16?/m1/s1. The lowest BCUT2D eigenvalue weighted by molar-refractivity contribution is -0.153. The van der Waals surface area contributed by atoms with Crippen molar-refractivity contribution in [3.8, 4) is 0 Å². The molecule has 0 spiro atoms. The van der Waals surface area contributed by atoms with Crippen LogP contribution in [0.4, 0.5) is 0 Å². The van der Waals surface area contributed by atoms with Crippen LogP contribution in [0.3, 0.4) is 0 Å². The van der Waals surface area contributed by atoms with Gasteiger partial charge in [-0.25, -0.2) is 0 Å². The molecule has 2 rings (SSSR count). The fraction of sp³-hybridized carbons (Fsp3) is 0.611. The fourth-order valence-electron chi connectivity index (χ4n) is 3.57. The van der Waals surface area contributed by atoms with Gasteiger partial charge in [-0.2, -0.15) is 0 Å². The number of hydrogen-bond donors (Lipinski definition) is 0. The summed E-state index contributed by atoms with van der Waals surface area (Å²) in [5, 5.41) is 0. The molecular formula is C18H25ClO2. The summed E-state index contributed by atoms with van der Waals surface area (Å²) in [6.07, 6.45) is 3.18. The molecule has 1 saturated carbocycles. The van der Waals surface area contributed by atoms with E-state index in [9.17, 15) is 4.79 Å². The summed E-state index contributed by atoms with van der Waals surface area (Å²) < 4.78 is 5.66. The summed E-state index contributed by atoms with van der Waals surface area (Å²) in [5.74, 6) is 0.567. The second kappa shape index (κ2) is 6.83. The van der Waals surface area contributed by atoms with Crippen molar-refractivity contribution in [3.63, 3.8) is 0 Å². The monoisotopic (exact) mass is 308 g/mol. The third-order valence-electron chi connectivity index (χ3n) is 4.89. The first-order chi connectivity index (χ1) is 9.95. The Bertz CT molecular complexity index is 469. The first-order valence-corrected chi connectivity index (χ1v) is 8.29. The van der Waals surface area contributed by atoms with E-state index < -0.39 is 0 Å². The minimum Gasteiger partial charge on any atom is -0.461 e. The molecule has 1 aromatic rings. The Hall–Kier alpha value is -1.02. The molecule has 0 saturated heterocycles. The Balaban J connectivity index is 2.23. The molecule has 21 heavy (non-hydrogen) atoms. The number of rotatable bonds is 4. The number of esters is 1. The van der Waals surface area contributed by atoms with Crippen molar-refractivity contribution < 1.29 is 9.53 Å². The molecule has 0 aliphatic heterocycles. The van der Waals surface area contributed by atoms with Gasteiger partial charge in [0, 0.05) is 5.92 Å². The van der Waals surface area contributed by atoms with Crippen molar-refractivity contribution in [3.05, 3.63) is 35.9 Å². The molecule has 2 unspecified atom stereocenters. The number of halogens is 1. The molecule has 0 N–H and O–H groups in total. The molecule has 0 radical (unpaired) electrons. The Morgan fingerprint density at radius 3 is 2.57 bits per heavy atom. The molecule has 3 heteroatoms. The number of ether oxygens (including phenoxy) is 1. The normalized spacial score (nSPS) is 26.4. The van der Waals surface area contributed by atoms with Crippen molar-refractivity contribution in [2.24, 2.45) is 11.8 Å². The van der Waals surface area contributed by atoms with Crippen LogP contribution >= 0.6 is 11.6 Å². The average Bonchev–Trinajstić information content (AvgIpc) is 2.48. The summed E-state index contributed by atoms with van der Waals surface area (Å²) in [4.78, 5) is 11.6. The highest BCUT2D eigenvalue weighted by molar-refractivity contribution is 6.26. The molecule has 0 bridgehead atoms. The van der Waals surface area contributed by atoms with Crippen molar-refractivity contribution >= 4 is 17.6 Å². The number of alkyl halides is 1. The molecule has 1 fully saturated rings. The van der Waals surface area contributed by atoms with Crippen LogP contribution in [0.15, 0.2) is 30.3 Å². The summed E-state index contributed by atoms with van der Waals surface area (Å²) in [6, 6.07) is 10.5. The van der Waals surface area contributed by atoms with Gasteiger partial charge in [-0.15, -0.1) is 11.6 Å². The molecule has 0 heterocycles. The molecule has 1 aromatic carbocycles. The highest BCUT2D eigenvalue weighted by Crippen LogP contribution is 2.43. The fourth-order valence-corrected chi connectivity index (χ4v) is 3.63. The topological polar surface area (TPSA) is 26.3 Å². The lowest BCUT2D eigenvalue weighted by atomic mass is 9.64. The number of benzene rings is 1. The van der Waals surface area contributed by atoms with Gasteiger partial charge in [0.05, 0.1) is 0 Å². The molecule has 1 aliphatic rings. The van der Waals surface area contributed by atoms with Gasteiger partial charge in [-0.05, 0) is 29.7 Å². The van der Waals surface area contributed by atoms with Gasteiger partial charge >= 0.3 is 5.97 Å². The second-order valence-electron chi connectivity index (χ2n) is 6.77. The van der Waals surface area contributed by atoms with Gasteiger partial charge in [-0.1, -0.05) is 57.5 Å². The van der Waals surface area contributed by atoms with Gasteiger partial charge in [0.25, 0.3) is 0 Å². The van der Waals surface area contributed by atoms with E-state index >= 15 is 0 Å². The first-order valence-electron chi connectivity index (χ1n) is 7.76. The van der Waals surface area contributed by atoms with Crippen molar-refractivity contribution in [1.29, 1.82) is 0 Å².